The predicted octanol–water partition coefficient (Wildman–Crippen LogP) is 1.68. The third kappa shape index (κ3) is 1.92. The minimum atomic E-state index is 0.0740. The molecule has 4 heteroatoms. The first-order chi connectivity index (χ1) is 7.09. The highest BCUT2D eigenvalue weighted by Crippen LogP contribution is 2.33. The summed E-state index contributed by atoms with van der Waals surface area (Å²) in [7, 11) is 1.85. The maximum absolute atomic E-state index is 11.6. The van der Waals surface area contributed by atoms with Gasteiger partial charge in [0.05, 0.1) is 6.04 Å². The highest BCUT2D eigenvalue weighted by Gasteiger charge is 2.32. The molecule has 0 spiro atoms. The van der Waals surface area contributed by atoms with Crippen molar-refractivity contribution in [2.45, 2.75) is 31.8 Å². The van der Waals surface area contributed by atoms with Crippen LogP contribution in [0.1, 0.15) is 28.6 Å². The van der Waals surface area contributed by atoms with Gasteiger partial charge in [-0.05, 0) is 25.5 Å². The van der Waals surface area contributed by atoms with Crippen LogP contribution in [0.25, 0.3) is 0 Å². The number of carbonyl (C=O) groups excluding carboxylic acids is 1. The van der Waals surface area contributed by atoms with Gasteiger partial charge in [0, 0.05) is 29.3 Å². The minimum Gasteiger partial charge on any atom is -0.336 e. The van der Waals surface area contributed by atoms with E-state index < -0.39 is 0 Å². The zero-order valence-electron chi connectivity index (χ0n) is 9.06. The van der Waals surface area contributed by atoms with Gasteiger partial charge in [-0.3, -0.25) is 4.79 Å². The Morgan fingerprint density at radius 1 is 1.53 bits per heavy atom. The molecule has 1 saturated heterocycles. The van der Waals surface area contributed by atoms with Crippen molar-refractivity contribution in [1.82, 2.24) is 4.90 Å². The zero-order chi connectivity index (χ0) is 11.0. The van der Waals surface area contributed by atoms with Crippen LogP contribution in [0.3, 0.4) is 0 Å². The quantitative estimate of drug-likeness (QED) is 0.789. The molecule has 1 fully saturated rings. The van der Waals surface area contributed by atoms with Crippen LogP contribution in [-0.2, 0) is 4.79 Å². The van der Waals surface area contributed by atoms with Gasteiger partial charge in [0.25, 0.3) is 0 Å². The molecule has 15 heavy (non-hydrogen) atoms. The van der Waals surface area contributed by atoms with Crippen molar-refractivity contribution < 1.29 is 4.79 Å². The molecule has 1 amide bonds. The molecule has 0 aromatic carbocycles. The molecular formula is C11H16N2OS. The van der Waals surface area contributed by atoms with Crippen molar-refractivity contribution in [1.29, 1.82) is 0 Å². The summed E-state index contributed by atoms with van der Waals surface area (Å²) in [6, 6.07) is 4.31. The van der Waals surface area contributed by atoms with E-state index in [0.717, 1.165) is 6.42 Å². The third-order valence-electron chi connectivity index (χ3n) is 2.96. The van der Waals surface area contributed by atoms with Crippen LogP contribution in [0.5, 0.6) is 0 Å². The van der Waals surface area contributed by atoms with E-state index in [9.17, 15) is 4.79 Å². The van der Waals surface area contributed by atoms with Gasteiger partial charge in [0.15, 0.2) is 0 Å². The van der Waals surface area contributed by atoms with Gasteiger partial charge < -0.3 is 10.6 Å². The van der Waals surface area contributed by atoms with Crippen molar-refractivity contribution >= 4 is 17.2 Å². The van der Waals surface area contributed by atoms with Crippen molar-refractivity contribution in [3.63, 3.8) is 0 Å². The number of piperidine rings is 1. The fourth-order valence-electron chi connectivity index (χ4n) is 2.08. The number of likely N-dealkylation sites (N-methyl/N-ethyl adjacent to an activating group) is 1. The molecule has 2 rings (SSSR count). The highest BCUT2D eigenvalue weighted by atomic mass is 32.1. The number of rotatable bonds is 1. The van der Waals surface area contributed by atoms with E-state index in [2.05, 4.69) is 19.1 Å². The summed E-state index contributed by atoms with van der Waals surface area (Å²) in [6.07, 6.45) is 1.38. The van der Waals surface area contributed by atoms with Gasteiger partial charge in [-0.1, -0.05) is 0 Å². The largest absolute Gasteiger partial charge is 0.336 e. The Bertz CT molecular complexity index is 374. The molecule has 0 saturated carbocycles. The van der Waals surface area contributed by atoms with Crippen LogP contribution in [0.15, 0.2) is 12.1 Å². The second-order valence-electron chi connectivity index (χ2n) is 4.10. The number of likely N-dealkylation sites (tertiary alicyclic amines) is 1. The SMILES string of the molecule is Cc1ccc(C2C(N)CCC(=O)N2C)s1. The van der Waals surface area contributed by atoms with Gasteiger partial charge in [-0.2, -0.15) is 0 Å². The van der Waals surface area contributed by atoms with Crippen molar-refractivity contribution in [2.75, 3.05) is 7.05 Å². The molecule has 2 unspecified atom stereocenters. The molecule has 3 nitrogen and oxygen atoms in total. The molecule has 2 N–H and O–H groups in total. The normalized spacial score (nSPS) is 27.1. The van der Waals surface area contributed by atoms with E-state index in [1.54, 1.807) is 16.2 Å². The van der Waals surface area contributed by atoms with Crippen LogP contribution in [0.2, 0.25) is 0 Å². The lowest BCUT2D eigenvalue weighted by molar-refractivity contribution is -0.135. The Labute approximate surface area is 93.9 Å². The average molecular weight is 224 g/mol. The average Bonchev–Trinajstić information content (AvgIpc) is 2.59. The van der Waals surface area contributed by atoms with Crippen LogP contribution in [-0.4, -0.2) is 23.9 Å². The van der Waals surface area contributed by atoms with Crippen LogP contribution < -0.4 is 5.73 Å². The number of carbonyl (C=O) groups is 1. The molecule has 0 radical (unpaired) electrons. The predicted molar refractivity (Wildman–Crippen MR) is 61.8 cm³/mol. The van der Waals surface area contributed by atoms with Crippen LogP contribution in [0, 0.1) is 6.92 Å². The van der Waals surface area contributed by atoms with Gasteiger partial charge in [0.2, 0.25) is 5.91 Å². The first-order valence-corrected chi connectivity index (χ1v) is 5.99. The Morgan fingerprint density at radius 2 is 2.27 bits per heavy atom. The molecule has 1 aliphatic heterocycles. The Kier molecular flexibility index (Phi) is 2.80. The van der Waals surface area contributed by atoms with Gasteiger partial charge >= 0.3 is 0 Å². The number of hydrogen-bond donors (Lipinski definition) is 1. The molecule has 82 valence electrons. The maximum Gasteiger partial charge on any atom is 0.222 e. The first-order valence-electron chi connectivity index (χ1n) is 5.17. The van der Waals surface area contributed by atoms with Gasteiger partial charge in [-0.25, -0.2) is 0 Å². The Hall–Kier alpha value is -0.870. The third-order valence-corrected chi connectivity index (χ3v) is 4.03. The zero-order valence-corrected chi connectivity index (χ0v) is 9.88. The van der Waals surface area contributed by atoms with Crippen LogP contribution in [0.4, 0.5) is 0 Å². The molecule has 0 bridgehead atoms. The Morgan fingerprint density at radius 3 is 2.87 bits per heavy atom. The summed E-state index contributed by atoms with van der Waals surface area (Å²) in [5.74, 6) is 0.202. The standard InChI is InChI=1S/C11H16N2OS/c1-7-3-5-9(15-7)11-8(12)4-6-10(14)13(11)2/h3,5,8,11H,4,6,12H2,1-2H3. The van der Waals surface area contributed by atoms with Crippen LogP contribution >= 0.6 is 11.3 Å². The summed E-state index contributed by atoms with van der Waals surface area (Å²) >= 11 is 1.73. The first kappa shape index (κ1) is 10.6. The number of amides is 1. The molecule has 1 aromatic heterocycles. The summed E-state index contributed by atoms with van der Waals surface area (Å²) < 4.78 is 0. The van der Waals surface area contributed by atoms with Crippen molar-refractivity contribution in [3.05, 3.63) is 21.9 Å². The summed E-state index contributed by atoms with van der Waals surface area (Å²) in [6.45, 7) is 2.07. The second kappa shape index (κ2) is 3.94. The fourth-order valence-corrected chi connectivity index (χ4v) is 3.18. The lowest BCUT2D eigenvalue weighted by atomic mass is 9.96. The summed E-state index contributed by atoms with van der Waals surface area (Å²) in [4.78, 5) is 15.9. The molecule has 1 aliphatic rings. The summed E-state index contributed by atoms with van der Waals surface area (Å²) in [5.41, 5.74) is 6.09. The summed E-state index contributed by atoms with van der Waals surface area (Å²) in [5, 5.41) is 0. The van der Waals surface area contributed by atoms with Gasteiger partial charge in [-0.15, -0.1) is 11.3 Å². The number of aryl methyl sites for hydroxylation is 1. The molecule has 2 atom stereocenters. The topological polar surface area (TPSA) is 46.3 Å². The van der Waals surface area contributed by atoms with Gasteiger partial charge in [0.1, 0.15) is 0 Å². The highest BCUT2D eigenvalue weighted by molar-refractivity contribution is 7.12. The maximum atomic E-state index is 11.6. The lowest BCUT2D eigenvalue weighted by Crippen LogP contribution is -2.46. The number of nitrogens with zero attached hydrogens (tertiary/aromatic N) is 1. The van der Waals surface area contributed by atoms with Crippen molar-refractivity contribution in [2.24, 2.45) is 5.73 Å². The minimum absolute atomic E-state index is 0.0740. The Balaban J connectivity index is 2.28. The number of nitrogens with two attached hydrogens (primary N) is 1. The molecule has 2 heterocycles. The molecule has 1 aromatic rings. The molecule has 0 aliphatic carbocycles. The lowest BCUT2D eigenvalue weighted by Gasteiger charge is -2.36. The second-order valence-corrected chi connectivity index (χ2v) is 5.42. The fraction of sp³-hybridized carbons (Fsp3) is 0.545. The molecular weight excluding hydrogens is 208 g/mol. The van der Waals surface area contributed by atoms with E-state index in [-0.39, 0.29) is 18.0 Å². The van der Waals surface area contributed by atoms with E-state index in [0.29, 0.717) is 6.42 Å². The smallest absolute Gasteiger partial charge is 0.222 e. The number of hydrogen-bond acceptors (Lipinski definition) is 3. The number of thiophene rings is 1. The van der Waals surface area contributed by atoms with E-state index in [1.807, 2.05) is 7.05 Å². The van der Waals surface area contributed by atoms with Crippen molar-refractivity contribution in [3.8, 4) is 0 Å². The van der Waals surface area contributed by atoms with E-state index in [1.165, 1.54) is 9.75 Å². The monoisotopic (exact) mass is 224 g/mol. The van der Waals surface area contributed by atoms with E-state index in [4.69, 9.17) is 5.73 Å². The van der Waals surface area contributed by atoms with E-state index >= 15 is 0 Å².